The molecule has 1 aromatic carbocycles. The van der Waals surface area contributed by atoms with Crippen LogP contribution in [0.1, 0.15) is 51.0 Å². The molecule has 1 unspecified atom stereocenters. The molecule has 1 atom stereocenters. The van der Waals surface area contributed by atoms with E-state index in [1.54, 1.807) is 4.90 Å². The summed E-state index contributed by atoms with van der Waals surface area (Å²) in [6.45, 7) is 8.09. The van der Waals surface area contributed by atoms with Gasteiger partial charge in [0.2, 0.25) is 0 Å². The lowest BCUT2D eigenvalue weighted by molar-refractivity contribution is 0.0217. The first kappa shape index (κ1) is 17.7. The molecule has 0 radical (unpaired) electrons. The van der Waals surface area contributed by atoms with Gasteiger partial charge in [-0.25, -0.2) is 4.79 Å². The number of carbonyl (C=O) groups excluding carboxylic acids is 1. The second-order valence-electron chi connectivity index (χ2n) is 7.20. The Kier molecular flexibility index (Phi) is 4.73. The largest absolute Gasteiger partial charge is 0.444 e. The summed E-state index contributed by atoms with van der Waals surface area (Å²) in [6, 6.07) is 5.32. The third kappa shape index (κ3) is 3.79. The Labute approximate surface area is 152 Å². The first-order valence-corrected chi connectivity index (χ1v) is 8.73. The molecule has 0 saturated carbocycles. The number of amides is 1. The van der Waals surface area contributed by atoms with E-state index in [2.05, 4.69) is 10.1 Å². The van der Waals surface area contributed by atoms with Gasteiger partial charge in [0.15, 0.2) is 5.82 Å². The number of hydrogen-bond acceptors (Lipinski definition) is 5. The van der Waals surface area contributed by atoms with Crippen molar-refractivity contribution < 1.29 is 14.1 Å². The van der Waals surface area contributed by atoms with E-state index in [0.717, 1.165) is 24.0 Å². The van der Waals surface area contributed by atoms with Gasteiger partial charge >= 0.3 is 6.09 Å². The monoisotopic (exact) mass is 363 g/mol. The number of likely N-dealkylation sites (tertiary alicyclic amines) is 1. The molecular formula is C18H22ClN3O3. The summed E-state index contributed by atoms with van der Waals surface area (Å²) in [6.07, 6.45) is 1.32. The summed E-state index contributed by atoms with van der Waals surface area (Å²) >= 11 is 6.16. The standard InChI is InChI=1S/C18H22ClN3O3/c1-11-12(7-5-8-13(11)19)16-20-15(21-25-16)14-9-6-10-22(14)17(23)24-18(2,3)4/h5,7-8,14H,6,9-10H2,1-4H3. The van der Waals surface area contributed by atoms with Crippen LogP contribution in [0.15, 0.2) is 22.7 Å². The van der Waals surface area contributed by atoms with E-state index in [1.165, 1.54) is 0 Å². The molecule has 1 aromatic heterocycles. The molecule has 1 aliphatic heterocycles. The van der Waals surface area contributed by atoms with Crippen molar-refractivity contribution in [3.63, 3.8) is 0 Å². The van der Waals surface area contributed by atoms with Gasteiger partial charge in [-0.3, -0.25) is 4.90 Å². The topological polar surface area (TPSA) is 68.5 Å². The molecule has 134 valence electrons. The molecule has 1 saturated heterocycles. The molecule has 2 aromatic rings. The number of carbonyl (C=O) groups is 1. The minimum Gasteiger partial charge on any atom is -0.444 e. The van der Waals surface area contributed by atoms with Crippen molar-refractivity contribution in [3.05, 3.63) is 34.6 Å². The first-order valence-electron chi connectivity index (χ1n) is 8.35. The number of benzene rings is 1. The number of halogens is 1. The summed E-state index contributed by atoms with van der Waals surface area (Å²) in [5.41, 5.74) is 1.15. The Bertz CT molecular complexity index is 782. The van der Waals surface area contributed by atoms with Crippen LogP contribution in [0.5, 0.6) is 0 Å². The van der Waals surface area contributed by atoms with Crippen molar-refractivity contribution in [2.75, 3.05) is 6.54 Å². The maximum Gasteiger partial charge on any atom is 0.410 e. The molecule has 1 amide bonds. The van der Waals surface area contributed by atoms with Crippen molar-refractivity contribution in [2.24, 2.45) is 0 Å². The van der Waals surface area contributed by atoms with Gasteiger partial charge in [-0.15, -0.1) is 0 Å². The highest BCUT2D eigenvalue weighted by atomic mass is 35.5. The number of ether oxygens (including phenoxy) is 1. The lowest BCUT2D eigenvalue weighted by atomic mass is 10.1. The third-order valence-corrected chi connectivity index (χ3v) is 4.53. The molecular weight excluding hydrogens is 342 g/mol. The van der Waals surface area contributed by atoms with Crippen LogP contribution in [-0.2, 0) is 4.74 Å². The van der Waals surface area contributed by atoms with Crippen molar-refractivity contribution in [1.29, 1.82) is 0 Å². The fourth-order valence-corrected chi connectivity index (χ4v) is 3.07. The maximum absolute atomic E-state index is 12.4. The van der Waals surface area contributed by atoms with E-state index >= 15 is 0 Å². The Morgan fingerprint density at radius 3 is 2.88 bits per heavy atom. The number of aromatic nitrogens is 2. The van der Waals surface area contributed by atoms with Crippen LogP contribution in [0.3, 0.4) is 0 Å². The predicted molar refractivity (Wildman–Crippen MR) is 94.4 cm³/mol. The molecule has 3 rings (SSSR count). The predicted octanol–water partition coefficient (Wildman–Crippen LogP) is 4.77. The Hall–Kier alpha value is -2.08. The molecule has 0 bridgehead atoms. The SMILES string of the molecule is Cc1c(Cl)cccc1-c1nc(C2CCCN2C(=O)OC(C)(C)C)no1. The third-order valence-electron chi connectivity index (χ3n) is 4.12. The van der Waals surface area contributed by atoms with Crippen LogP contribution in [0.25, 0.3) is 11.5 Å². The fraction of sp³-hybridized carbons (Fsp3) is 0.500. The summed E-state index contributed by atoms with van der Waals surface area (Å²) in [7, 11) is 0. The van der Waals surface area contributed by atoms with Crippen LogP contribution in [-0.4, -0.2) is 33.3 Å². The average molecular weight is 364 g/mol. The van der Waals surface area contributed by atoms with E-state index in [-0.39, 0.29) is 12.1 Å². The minimum atomic E-state index is -0.537. The summed E-state index contributed by atoms with van der Waals surface area (Å²) in [5.74, 6) is 0.906. The van der Waals surface area contributed by atoms with Crippen LogP contribution in [0.4, 0.5) is 4.79 Å². The summed E-state index contributed by atoms with van der Waals surface area (Å²) in [4.78, 5) is 18.6. The zero-order chi connectivity index (χ0) is 18.2. The highest BCUT2D eigenvalue weighted by Gasteiger charge is 2.36. The minimum absolute atomic E-state index is 0.230. The number of nitrogens with zero attached hydrogens (tertiary/aromatic N) is 3. The number of hydrogen-bond donors (Lipinski definition) is 0. The summed E-state index contributed by atoms with van der Waals surface area (Å²) in [5, 5.41) is 4.74. The van der Waals surface area contributed by atoms with E-state index in [4.69, 9.17) is 20.9 Å². The van der Waals surface area contributed by atoms with E-state index in [0.29, 0.717) is 23.3 Å². The molecule has 0 spiro atoms. The van der Waals surface area contributed by atoms with Crippen LogP contribution in [0, 0.1) is 6.92 Å². The van der Waals surface area contributed by atoms with Gasteiger partial charge < -0.3 is 9.26 Å². The second kappa shape index (κ2) is 6.67. The maximum atomic E-state index is 12.4. The molecule has 1 aliphatic rings. The molecule has 1 fully saturated rings. The normalized spacial score (nSPS) is 17.8. The lowest BCUT2D eigenvalue weighted by Crippen LogP contribution is -2.36. The Morgan fingerprint density at radius 1 is 1.40 bits per heavy atom. The van der Waals surface area contributed by atoms with Crippen LogP contribution < -0.4 is 0 Å². The van der Waals surface area contributed by atoms with Crippen LogP contribution in [0.2, 0.25) is 5.02 Å². The molecule has 0 N–H and O–H groups in total. The molecule has 25 heavy (non-hydrogen) atoms. The molecule has 6 nitrogen and oxygen atoms in total. The van der Waals surface area contributed by atoms with Crippen molar-refractivity contribution in [2.45, 2.75) is 52.2 Å². The van der Waals surface area contributed by atoms with Crippen LogP contribution >= 0.6 is 11.6 Å². The highest BCUT2D eigenvalue weighted by Crippen LogP contribution is 2.34. The zero-order valence-electron chi connectivity index (χ0n) is 14.9. The van der Waals surface area contributed by atoms with E-state index in [9.17, 15) is 4.79 Å². The summed E-state index contributed by atoms with van der Waals surface area (Å²) < 4.78 is 10.9. The number of rotatable bonds is 2. The van der Waals surface area contributed by atoms with Gasteiger partial charge in [-0.2, -0.15) is 4.98 Å². The molecule has 0 aliphatic carbocycles. The second-order valence-corrected chi connectivity index (χ2v) is 7.61. The lowest BCUT2D eigenvalue weighted by Gasteiger charge is -2.27. The van der Waals surface area contributed by atoms with Crippen molar-refractivity contribution >= 4 is 17.7 Å². The first-order chi connectivity index (χ1) is 11.8. The van der Waals surface area contributed by atoms with Gasteiger partial charge in [0.25, 0.3) is 5.89 Å². The zero-order valence-corrected chi connectivity index (χ0v) is 15.6. The average Bonchev–Trinajstić information content (AvgIpc) is 3.16. The van der Waals surface area contributed by atoms with Crippen molar-refractivity contribution in [1.82, 2.24) is 15.0 Å². The molecule has 2 heterocycles. The smallest absolute Gasteiger partial charge is 0.410 e. The van der Waals surface area contributed by atoms with Gasteiger partial charge in [-0.1, -0.05) is 22.8 Å². The van der Waals surface area contributed by atoms with E-state index in [1.807, 2.05) is 45.9 Å². The van der Waals surface area contributed by atoms with Gasteiger partial charge in [-0.05, 0) is 58.2 Å². The highest BCUT2D eigenvalue weighted by molar-refractivity contribution is 6.31. The molecule has 7 heteroatoms. The van der Waals surface area contributed by atoms with Crippen molar-refractivity contribution in [3.8, 4) is 11.5 Å². The van der Waals surface area contributed by atoms with Gasteiger partial charge in [0.1, 0.15) is 5.60 Å². The Balaban J connectivity index is 1.84. The Morgan fingerprint density at radius 2 is 2.16 bits per heavy atom. The quantitative estimate of drug-likeness (QED) is 0.768. The fourth-order valence-electron chi connectivity index (χ4n) is 2.89. The van der Waals surface area contributed by atoms with E-state index < -0.39 is 5.60 Å². The van der Waals surface area contributed by atoms with Gasteiger partial charge in [0, 0.05) is 17.1 Å². The van der Waals surface area contributed by atoms with Gasteiger partial charge in [0.05, 0.1) is 6.04 Å².